The molecule has 0 aliphatic heterocycles. The van der Waals surface area contributed by atoms with Crippen LogP contribution in [-0.2, 0) is 13.5 Å². The van der Waals surface area contributed by atoms with E-state index >= 15 is 0 Å². The van der Waals surface area contributed by atoms with E-state index in [4.69, 9.17) is 11.6 Å². The number of nitrogens with zero attached hydrogens (tertiary/aromatic N) is 4. The zero-order chi connectivity index (χ0) is 13.1. The zero-order valence-corrected chi connectivity index (χ0v) is 11.5. The predicted octanol–water partition coefficient (Wildman–Crippen LogP) is 2.87. The fourth-order valence-electron chi connectivity index (χ4n) is 1.59. The van der Waals surface area contributed by atoms with Crippen LogP contribution < -0.4 is 5.32 Å². The molecule has 0 bridgehead atoms. The third-order valence-corrected chi connectivity index (χ3v) is 2.93. The van der Waals surface area contributed by atoms with Gasteiger partial charge in [0.2, 0.25) is 0 Å². The molecule has 0 saturated heterocycles. The third kappa shape index (κ3) is 2.79. The first kappa shape index (κ1) is 12.8. The summed E-state index contributed by atoms with van der Waals surface area (Å²) in [6.07, 6.45) is 3.67. The van der Waals surface area contributed by atoms with Gasteiger partial charge in [-0.05, 0) is 13.3 Å². The highest BCUT2D eigenvalue weighted by atomic mass is 35.5. The van der Waals surface area contributed by atoms with Gasteiger partial charge in [-0.15, -0.1) is 0 Å². The number of halogens is 1. The molecule has 0 unspecified atom stereocenters. The standard InChI is InChI=1S/C12H16ClN5/c1-4-5-9-14-11(13)8(2)12(15-9)16-10-6-7-18(3)17-10/h6-7H,4-5H2,1-3H3,(H,14,15,16,17). The van der Waals surface area contributed by atoms with Gasteiger partial charge in [-0.3, -0.25) is 4.68 Å². The normalized spacial score (nSPS) is 10.7. The van der Waals surface area contributed by atoms with Crippen molar-refractivity contribution in [2.24, 2.45) is 7.05 Å². The Hall–Kier alpha value is -1.62. The van der Waals surface area contributed by atoms with Crippen LogP contribution in [0.1, 0.15) is 24.7 Å². The van der Waals surface area contributed by atoms with E-state index in [-0.39, 0.29) is 0 Å². The number of rotatable bonds is 4. The van der Waals surface area contributed by atoms with Crippen molar-refractivity contribution in [2.45, 2.75) is 26.7 Å². The number of anilines is 2. The van der Waals surface area contributed by atoms with Gasteiger partial charge in [0.05, 0.1) is 0 Å². The molecule has 2 aromatic heterocycles. The Balaban J connectivity index is 2.31. The Morgan fingerprint density at radius 1 is 1.39 bits per heavy atom. The van der Waals surface area contributed by atoms with Gasteiger partial charge < -0.3 is 5.32 Å². The number of aryl methyl sites for hydroxylation is 2. The van der Waals surface area contributed by atoms with Crippen LogP contribution in [-0.4, -0.2) is 19.7 Å². The van der Waals surface area contributed by atoms with Gasteiger partial charge in [0, 0.05) is 31.3 Å². The summed E-state index contributed by atoms with van der Waals surface area (Å²) >= 11 is 6.11. The molecule has 0 spiro atoms. The second-order valence-electron chi connectivity index (χ2n) is 4.15. The van der Waals surface area contributed by atoms with Crippen molar-refractivity contribution in [3.8, 4) is 0 Å². The number of aromatic nitrogens is 4. The van der Waals surface area contributed by atoms with Crippen molar-refractivity contribution in [3.05, 3.63) is 28.8 Å². The molecule has 0 amide bonds. The van der Waals surface area contributed by atoms with E-state index in [1.165, 1.54) is 0 Å². The van der Waals surface area contributed by atoms with E-state index in [2.05, 4.69) is 27.3 Å². The topological polar surface area (TPSA) is 55.6 Å². The summed E-state index contributed by atoms with van der Waals surface area (Å²) in [5, 5.41) is 7.91. The molecule has 5 nitrogen and oxygen atoms in total. The van der Waals surface area contributed by atoms with Gasteiger partial charge in [-0.1, -0.05) is 18.5 Å². The number of hydrogen-bond acceptors (Lipinski definition) is 4. The first-order chi connectivity index (χ1) is 8.60. The lowest BCUT2D eigenvalue weighted by molar-refractivity contribution is 0.770. The maximum Gasteiger partial charge on any atom is 0.153 e. The highest BCUT2D eigenvalue weighted by Gasteiger charge is 2.10. The van der Waals surface area contributed by atoms with E-state index < -0.39 is 0 Å². The van der Waals surface area contributed by atoms with E-state index in [1.54, 1.807) is 4.68 Å². The van der Waals surface area contributed by atoms with Gasteiger partial charge >= 0.3 is 0 Å². The Morgan fingerprint density at radius 3 is 2.78 bits per heavy atom. The maximum atomic E-state index is 6.11. The van der Waals surface area contributed by atoms with Crippen molar-refractivity contribution < 1.29 is 0 Å². The first-order valence-electron chi connectivity index (χ1n) is 5.90. The summed E-state index contributed by atoms with van der Waals surface area (Å²) in [5.41, 5.74) is 0.835. The minimum atomic E-state index is 0.492. The molecular formula is C12H16ClN5. The molecule has 0 saturated carbocycles. The predicted molar refractivity (Wildman–Crippen MR) is 72.3 cm³/mol. The summed E-state index contributed by atoms with van der Waals surface area (Å²) in [7, 11) is 1.87. The van der Waals surface area contributed by atoms with Gasteiger partial charge in [0.15, 0.2) is 5.82 Å². The molecule has 0 radical (unpaired) electrons. The van der Waals surface area contributed by atoms with Crippen LogP contribution >= 0.6 is 11.6 Å². The number of hydrogen-bond donors (Lipinski definition) is 1. The molecule has 1 N–H and O–H groups in total. The van der Waals surface area contributed by atoms with Crippen LogP contribution in [0.25, 0.3) is 0 Å². The zero-order valence-electron chi connectivity index (χ0n) is 10.7. The van der Waals surface area contributed by atoms with Crippen molar-refractivity contribution >= 4 is 23.2 Å². The lowest BCUT2D eigenvalue weighted by atomic mass is 10.3. The fourth-order valence-corrected chi connectivity index (χ4v) is 1.78. The average Bonchev–Trinajstić information content (AvgIpc) is 2.71. The molecule has 6 heteroatoms. The van der Waals surface area contributed by atoms with Gasteiger partial charge in [0.25, 0.3) is 0 Å². The van der Waals surface area contributed by atoms with Crippen LogP contribution in [0.3, 0.4) is 0 Å². The lowest BCUT2D eigenvalue weighted by Gasteiger charge is -2.09. The molecule has 0 aliphatic carbocycles. The average molecular weight is 266 g/mol. The first-order valence-corrected chi connectivity index (χ1v) is 6.27. The highest BCUT2D eigenvalue weighted by molar-refractivity contribution is 6.30. The molecule has 0 atom stereocenters. The van der Waals surface area contributed by atoms with E-state index in [9.17, 15) is 0 Å². The Kier molecular flexibility index (Phi) is 3.81. The Morgan fingerprint density at radius 2 is 2.17 bits per heavy atom. The van der Waals surface area contributed by atoms with Gasteiger partial charge in [0.1, 0.15) is 16.8 Å². The van der Waals surface area contributed by atoms with E-state index in [0.29, 0.717) is 5.15 Å². The summed E-state index contributed by atoms with van der Waals surface area (Å²) in [5.74, 6) is 2.22. The van der Waals surface area contributed by atoms with Crippen molar-refractivity contribution in [1.82, 2.24) is 19.7 Å². The molecule has 2 aromatic rings. The number of nitrogens with one attached hydrogen (secondary N) is 1. The quantitative estimate of drug-likeness (QED) is 0.864. The van der Waals surface area contributed by atoms with Gasteiger partial charge in [-0.25, -0.2) is 9.97 Å². The van der Waals surface area contributed by atoms with Crippen LogP contribution in [0.5, 0.6) is 0 Å². The van der Waals surface area contributed by atoms with Gasteiger partial charge in [-0.2, -0.15) is 5.10 Å². The molecule has 0 aliphatic rings. The fraction of sp³-hybridized carbons (Fsp3) is 0.417. The van der Waals surface area contributed by atoms with Crippen LogP contribution in [0.15, 0.2) is 12.3 Å². The summed E-state index contributed by atoms with van der Waals surface area (Å²) in [6.45, 7) is 3.98. The summed E-state index contributed by atoms with van der Waals surface area (Å²) in [4.78, 5) is 8.73. The van der Waals surface area contributed by atoms with Crippen molar-refractivity contribution in [2.75, 3.05) is 5.32 Å². The second-order valence-corrected chi connectivity index (χ2v) is 4.51. The minimum absolute atomic E-state index is 0.492. The van der Waals surface area contributed by atoms with Crippen LogP contribution in [0, 0.1) is 6.92 Å². The Bertz CT molecular complexity index is 549. The maximum absolute atomic E-state index is 6.11. The molecule has 18 heavy (non-hydrogen) atoms. The largest absolute Gasteiger partial charge is 0.323 e. The van der Waals surface area contributed by atoms with Crippen LogP contribution in [0.4, 0.5) is 11.6 Å². The molecule has 2 heterocycles. The third-order valence-electron chi connectivity index (χ3n) is 2.57. The van der Waals surface area contributed by atoms with E-state index in [0.717, 1.165) is 35.9 Å². The van der Waals surface area contributed by atoms with Crippen LogP contribution in [0.2, 0.25) is 5.15 Å². The Labute approximate surface area is 111 Å². The molecule has 2 rings (SSSR count). The summed E-state index contributed by atoms with van der Waals surface area (Å²) < 4.78 is 1.73. The monoisotopic (exact) mass is 265 g/mol. The highest BCUT2D eigenvalue weighted by Crippen LogP contribution is 2.22. The van der Waals surface area contributed by atoms with Crippen molar-refractivity contribution in [1.29, 1.82) is 0 Å². The molecule has 96 valence electrons. The molecular weight excluding hydrogens is 250 g/mol. The molecule has 0 aromatic carbocycles. The minimum Gasteiger partial charge on any atom is -0.323 e. The lowest BCUT2D eigenvalue weighted by Crippen LogP contribution is -2.04. The SMILES string of the molecule is CCCc1nc(Cl)c(C)c(Nc2ccn(C)n2)n1. The van der Waals surface area contributed by atoms with Crippen molar-refractivity contribution in [3.63, 3.8) is 0 Å². The second kappa shape index (κ2) is 5.35. The van der Waals surface area contributed by atoms with E-state index in [1.807, 2.05) is 26.2 Å². The summed E-state index contributed by atoms with van der Waals surface area (Å²) in [6, 6.07) is 1.88. The smallest absolute Gasteiger partial charge is 0.153 e. The molecule has 0 fully saturated rings.